The number of anilines is 4. The molecule has 0 radical (unpaired) electrons. The van der Waals surface area contributed by atoms with Crippen LogP contribution in [0.15, 0.2) is 47.8 Å². The Balaban J connectivity index is 1.50. The lowest BCUT2D eigenvalue weighted by Crippen LogP contribution is -2.29. The van der Waals surface area contributed by atoms with Crippen LogP contribution < -0.4 is 20.7 Å². The Morgan fingerprint density at radius 1 is 1.08 bits per heavy atom. The second-order valence-electron chi connectivity index (χ2n) is 10.4. The average Bonchev–Trinajstić information content (AvgIpc) is 3.39. The molecule has 39 heavy (non-hydrogen) atoms. The first-order valence-corrected chi connectivity index (χ1v) is 14.3. The smallest absolute Gasteiger partial charge is 0.253 e. The quantitative estimate of drug-likeness (QED) is 0.235. The highest BCUT2D eigenvalue weighted by Gasteiger charge is 2.23. The van der Waals surface area contributed by atoms with E-state index in [1.54, 1.807) is 24.5 Å². The molecule has 3 heterocycles. The lowest BCUT2D eigenvalue weighted by Gasteiger charge is -2.30. The van der Waals surface area contributed by atoms with Crippen molar-refractivity contribution in [1.82, 2.24) is 20.2 Å². The fourth-order valence-electron chi connectivity index (χ4n) is 5.09. The number of ether oxygens (including phenoxy) is 1. The maximum absolute atomic E-state index is 12.5. The van der Waals surface area contributed by atoms with Crippen LogP contribution in [-0.2, 0) is 0 Å². The molecule has 8 nitrogen and oxygen atoms in total. The summed E-state index contributed by atoms with van der Waals surface area (Å²) in [4.78, 5) is 24.5. The molecule has 1 saturated heterocycles. The molecule has 1 fully saturated rings. The molecule has 0 unspecified atom stereocenters. The summed E-state index contributed by atoms with van der Waals surface area (Å²) in [6, 6.07) is 13.7. The van der Waals surface area contributed by atoms with Gasteiger partial charge in [0.2, 0.25) is 5.95 Å². The van der Waals surface area contributed by atoms with Gasteiger partial charge in [-0.2, -0.15) is 4.98 Å². The van der Waals surface area contributed by atoms with E-state index in [1.165, 1.54) is 11.1 Å². The summed E-state index contributed by atoms with van der Waals surface area (Å²) in [5.41, 5.74) is 5.47. The van der Waals surface area contributed by atoms with E-state index < -0.39 is 0 Å². The Labute approximate surface area is 233 Å². The summed E-state index contributed by atoms with van der Waals surface area (Å²) in [5.74, 6) is 2.27. The first kappa shape index (κ1) is 26.9. The predicted octanol–water partition coefficient (Wildman–Crippen LogP) is 6.44. The fraction of sp³-hybridized carbons (Fsp3) is 0.367. The van der Waals surface area contributed by atoms with E-state index in [-0.39, 0.29) is 12.0 Å². The van der Waals surface area contributed by atoms with Gasteiger partial charge in [0.1, 0.15) is 5.75 Å². The van der Waals surface area contributed by atoms with Gasteiger partial charge in [-0.15, -0.1) is 11.3 Å². The van der Waals surface area contributed by atoms with Crippen LogP contribution in [0, 0.1) is 6.92 Å². The van der Waals surface area contributed by atoms with Crippen molar-refractivity contribution in [3.8, 4) is 5.75 Å². The molecule has 4 aromatic rings. The molecule has 0 aliphatic carbocycles. The molecule has 2 aromatic heterocycles. The van der Waals surface area contributed by atoms with E-state index in [0.717, 1.165) is 47.6 Å². The van der Waals surface area contributed by atoms with Crippen LogP contribution in [0.25, 0.3) is 10.2 Å². The second kappa shape index (κ2) is 11.6. The maximum atomic E-state index is 12.5. The van der Waals surface area contributed by atoms with Gasteiger partial charge in [-0.1, -0.05) is 12.1 Å². The van der Waals surface area contributed by atoms with E-state index in [1.807, 2.05) is 43.5 Å². The summed E-state index contributed by atoms with van der Waals surface area (Å²) in [5, 5.41) is 11.5. The van der Waals surface area contributed by atoms with E-state index in [0.29, 0.717) is 28.9 Å². The van der Waals surface area contributed by atoms with Gasteiger partial charge >= 0.3 is 0 Å². The standard InChI is InChI=1S/C30H36N6O2S/c1-18(2)38-26-17-22(20-10-13-36(5)14-11-20)19(3)16-25(26)34-30-33-24-12-15-39-27(24)28(35-30)32-23-9-7-6-8-21(23)29(37)31-4/h6-9,12,15-18,20H,10-11,13-14H2,1-5H3,(H,31,37)(H2,32,33,34,35). The van der Waals surface area contributed by atoms with Crippen LogP contribution in [0.2, 0.25) is 0 Å². The number of carbonyl (C=O) groups is 1. The molecule has 0 atom stereocenters. The zero-order valence-electron chi connectivity index (χ0n) is 23.2. The summed E-state index contributed by atoms with van der Waals surface area (Å²) < 4.78 is 7.21. The van der Waals surface area contributed by atoms with Gasteiger partial charge in [0.05, 0.1) is 33.3 Å². The largest absolute Gasteiger partial charge is 0.489 e. The van der Waals surface area contributed by atoms with Crippen molar-refractivity contribution in [1.29, 1.82) is 0 Å². The first-order chi connectivity index (χ1) is 18.8. The minimum atomic E-state index is -0.163. The summed E-state index contributed by atoms with van der Waals surface area (Å²) in [6.45, 7) is 8.47. The SMILES string of the molecule is CNC(=O)c1ccccc1Nc1nc(Nc2cc(C)c(C3CCN(C)CC3)cc2OC(C)C)nc2ccsc12. The number of fused-ring (bicyclic) bond motifs is 1. The lowest BCUT2D eigenvalue weighted by atomic mass is 9.86. The number of aryl methyl sites for hydroxylation is 1. The molecule has 0 spiro atoms. The number of carbonyl (C=O) groups excluding carboxylic acids is 1. The van der Waals surface area contributed by atoms with Crippen molar-refractivity contribution in [2.45, 2.75) is 45.6 Å². The molecule has 0 saturated carbocycles. The number of hydrogen-bond acceptors (Lipinski definition) is 8. The number of likely N-dealkylation sites (tertiary alicyclic amines) is 1. The third-order valence-corrected chi connectivity index (χ3v) is 8.00. The number of nitrogens with one attached hydrogen (secondary N) is 3. The van der Waals surface area contributed by atoms with Crippen LogP contribution in [0.1, 0.15) is 54.1 Å². The molecule has 3 N–H and O–H groups in total. The Morgan fingerprint density at radius 2 is 1.85 bits per heavy atom. The van der Waals surface area contributed by atoms with Gasteiger partial charge in [-0.3, -0.25) is 4.79 Å². The molecule has 9 heteroatoms. The molecule has 2 aromatic carbocycles. The van der Waals surface area contributed by atoms with Crippen LogP contribution >= 0.6 is 11.3 Å². The molecule has 1 aliphatic heterocycles. The van der Waals surface area contributed by atoms with Gasteiger partial charge in [0.25, 0.3) is 5.91 Å². The summed E-state index contributed by atoms with van der Waals surface area (Å²) in [7, 11) is 3.81. The van der Waals surface area contributed by atoms with Gasteiger partial charge in [-0.05, 0) is 107 Å². The maximum Gasteiger partial charge on any atom is 0.253 e. The Bertz CT molecular complexity index is 1480. The third-order valence-electron chi connectivity index (χ3n) is 7.09. The fourth-order valence-corrected chi connectivity index (χ4v) is 5.87. The highest BCUT2D eigenvalue weighted by atomic mass is 32.1. The number of benzene rings is 2. The van der Waals surface area contributed by atoms with Gasteiger partial charge in [0, 0.05) is 7.05 Å². The van der Waals surface area contributed by atoms with Crippen molar-refractivity contribution in [2.24, 2.45) is 0 Å². The average molecular weight is 545 g/mol. The summed E-state index contributed by atoms with van der Waals surface area (Å²) >= 11 is 1.56. The molecule has 0 bridgehead atoms. The van der Waals surface area contributed by atoms with Crippen molar-refractivity contribution < 1.29 is 9.53 Å². The second-order valence-corrected chi connectivity index (χ2v) is 11.3. The van der Waals surface area contributed by atoms with Gasteiger partial charge < -0.3 is 25.6 Å². The Hall–Kier alpha value is -3.69. The normalized spacial score (nSPS) is 14.5. The number of hydrogen-bond donors (Lipinski definition) is 3. The summed E-state index contributed by atoms with van der Waals surface area (Å²) in [6.07, 6.45) is 2.32. The molecular weight excluding hydrogens is 508 g/mol. The Morgan fingerprint density at radius 3 is 2.59 bits per heavy atom. The van der Waals surface area contributed by atoms with Crippen molar-refractivity contribution >= 4 is 50.6 Å². The monoisotopic (exact) mass is 544 g/mol. The molecule has 1 aliphatic rings. The lowest BCUT2D eigenvalue weighted by molar-refractivity contribution is 0.0964. The number of rotatable bonds is 8. The van der Waals surface area contributed by atoms with E-state index in [4.69, 9.17) is 14.7 Å². The van der Waals surface area contributed by atoms with Gasteiger partial charge in [-0.25, -0.2) is 4.98 Å². The van der Waals surface area contributed by atoms with Crippen molar-refractivity contribution in [3.63, 3.8) is 0 Å². The number of amides is 1. The molecule has 204 valence electrons. The minimum absolute atomic E-state index is 0.0253. The van der Waals surface area contributed by atoms with Gasteiger partial charge in [0.15, 0.2) is 5.82 Å². The number of para-hydroxylation sites is 1. The molecule has 5 rings (SSSR count). The predicted molar refractivity (Wildman–Crippen MR) is 160 cm³/mol. The van der Waals surface area contributed by atoms with Crippen LogP contribution in [0.5, 0.6) is 5.75 Å². The van der Waals surface area contributed by atoms with E-state index in [2.05, 4.69) is 47.0 Å². The number of piperidine rings is 1. The van der Waals surface area contributed by atoms with Crippen LogP contribution in [0.4, 0.5) is 23.1 Å². The van der Waals surface area contributed by atoms with Crippen LogP contribution in [0.3, 0.4) is 0 Å². The molecular formula is C30H36N6O2S. The number of aromatic nitrogens is 2. The molecule has 1 amide bonds. The van der Waals surface area contributed by atoms with Crippen LogP contribution in [-0.4, -0.2) is 54.1 Å². The van der Waals surface area contributed by atoms with E-state index in [9.17, 15) is 4.79 Å². The highest BCUT2D eigenvalue weighted by Crippen LogP contribution is 2.38. The third kappa shape index (κ3) is 5.99. The highest BCUT2D eigenvalue weighted by molar-refractivity contribution is 7.17. The number of thiophene rings is 1. The first-order valence-electron chi connectivity index (χ1n) is 13.4. The minimum Gasteiger partial charge on any atom is -0.489 e. The topological polar surface area (TPSA) is 91.4 Å². The van der Waals surface area contributed by atoms with Crippen molar-refractivity contribution in [2.75, 3.05) is 37.8 Å². The van der Waals surface area contributed by atoms with E-state index >= 15 is 0 Å². The Kier molecular flexibility index (Phi) is 7.99. The van der Waals surface area contributed by atoms with Crippen molar-refractivity contribution in [3.05, 3.63) is 64.5 Å². The number of nitrogens with zero attached hydrogens (tertiary/aromatic N) is 3. The zero-order chi connectivity index (χ0) is 27.5. The zero-order valence-corrected chi connectivity index (χ0v) is 24.0.